The number of allylic oxidation sites excluding steroid dienone is 2. The van der Waals surface area contributed by atoms with E-state index in [-0.39, 0.29) is 40.8 Å². The molecule has 2 aromatic carbocycles. The van der Waals surface area contributed by atoms with Crippen LogP contribution in [0.15, 0.2) is 35.9 Å². The van der Waals surface area contributed by atoms with Crippen molar-refractivity contribution in [3.63, 3.8) is 0 Å². The molecular weight excluding hydrogens is 348 g/mol. The van der Waals surface area contributed by atoms with Crippen LogP contribution in [0.25, 0.3) is 0 Å². The minimum atomic E-state index is -0.645. The van der Waals surface area contributed by atoms with Crippen molar-refractivity contribution in [1.29, 1.82) is 0 Å². The number of hydrogen-bond donors (Lipinski definition) is 3. The summed E-state index contributed by atoms with van der Waals surface area (Å²) in [7, 11) is 1.45. The molecule has 0 aliphatic carbocycles. The summed E-state index contributed by atoms with van der Waals surface area (Å²) < 4.78 is 11.1. The molecule has 0 radical (unpaired) electrons. The third-order valence-corrected chi connectivity index (χ3v) is 4.54. The summed E-state index contributed by atoms with van der Waals surface area (Å²) in [6, 6.07) is 5.96. The lowest BCUT2D eigenvalue weighted by molar-refractivity contribution is 0.0842. The largest absolute Gasteiger partial charge is 0.507 e. The quantitative estimate of drug-likeness (QED) is 0.703. The van der Waals surface area contributed by atoms with Gasteiger partial charge in [-0.1, -0.05) is 17.7 Å². The second-order valence-electron chi connectivity index (χ2n) is 6.75. The highest BCUT2D eigenvalue weighted by Crippen LogP contribution is 2.46. The van der Waals surface area contributed by atoms with Crippen molar-refractivity contribution < 1.29 is 29.6 Å². The average molecular weight is 370 g/mol. The second kappa shape index (κ2) is 7.23. The van der Waals surface area contributed by atoms with Gasteiger partial charge in [0.05, 0.1) is 13.5 Å². The van der Waals surface area contributed by atoms with E-state index >= 15 is 0 Å². The molecule has 1 aliphatic rings. The minimum Gasteiger partial charge on any atom is -0.507 e. The van der Waals surface area contributed by atoms with Gasteiger partial charge in [0.1, 0.15) is 28.9 Å². The molecule has 0 fully saturated rings. The number of aromatic hydroxyl groups is 3. The summed E-state index contributed by atoms with van der Waals surface area (Å²) in [5.74, 6) is -0.269. The van der Waals surface area contributed by atoms with Gasteiger partial charge in [0, 0.05) is 11.6 Å². The molecule has 0 unspecified atom stereocenters. The summed E-state index contributed by atoms with van der Waals surface area (Å²) in [6.07, 6.45) is 1.64. The Morgan fingerprint density at radius 3 is 2.56 bits per heavy atom. The van der Waals surface area contributed by atoms with E-state index in [9.17, 15) is 20.1 Å². The van der Waals surface area contributed by atoms with Crippen LogP contribution in [0.3, 0.4) is 0 Å². The Morgan fingerprint density at radius 2 is 1.93 bits per heavy atom. The van der Waals surface area contributed by atoms with Crippen molar-refractivity contribution in [3.8, 4) is 28.7 Å². The lowest BCUT2D eigenvalue weighted by Gasteiger charge is -2.28. The topological polar surface area (TPSA) is 96.2 Å². The first-order valence-corrected chi connectivity index (χ1v) is 8.59. The van der Waals surface area contributed by atoms with Crippen molar-refractivity contribution in [2.75, 3.05) is 7.11 Å². The highest BCUT2D eigenvalue weighted by atomic mass is 16.5. The second-order valence-corrected chi connectivity index (χ2v) is 6.75. The van der Waals surface area contributed by atoms with Gasteiger partial charge in [-0.15, -0.1) is 0 Å². The number of rotatable bonds is 4. The molecule has 6 nitrogen and oxygen atoms in total. The fourth-order valence-electron chi connectivity index (χ4n) is 3.12. The monoisotopic (exact) mass is 370 g/mol. The average Bonchev–Trinajstić information content (AvgIpc) is 2.60. The summed E-state index contributed by atoms with van der Waals surface area (Å²) in [6.45, 7) is 3.86. The molecule has 27 heavy (non-hydrogen) atoms. The van der Waals surface area contributed by atoms with Gasteiger partial charge in [-0.2, -0.15) is 0 Å². The highest BCUT2D eigenvalue weighted by molar-refractivity contribution is 6.03. The number of benzene rings is 2. The molecule has 0 bridgehead atoms. The first kappa shape index (κ1) is 18.6. The van der Waals surface area contributed by atoms with Gasteiger partial charge in [-0.25, -0.2) is 0 Å². The number of methoxy groups -OCH3 is 1. The first-order valence-electron chi connectivity index (χ1n) is 8.59. The van der Waals surface area contributed by atoms with Gasteiger partial charge in [-0.05, 0) is 38.0 Å². The van der Waals surface area contributed by atoms with Crippen LogP contribution in [0.1, 0.15) is 47.9 Å². The SMILES string of the molecule is COc1ccc([C@H]2CC(=O)c3c(O)cc(O)c(CC=C(C)C)c3O2)cc1O. The van der Waals surface area contributed by atoms with Gasteiger partial charge < -0.3 is 24.8 Å². The molecule has 0 amide bonds. The van der Waals surface area contributed by atoms with Crippen molar-refractivity contribution in [2.24, 2.45) is 0 Å². The zero-order chi connectivity index (χ0) is 19.7. The normalized spacial score (nSPS) is 15.7. The smallest absolute Gasteiger partial charge is 0.174 e. The third kappa shape index (κ3) is 3.56. The number of hydrogen-bond acceptors (Lipinski definition) is 6. The summed E-state index contributed by atoms with van der Waals surface area (Å²) in [5.41, 5.74) is 2.18. The van der Waals surface area contributed by atoms with E-state index in [0.29, 0.717) is 23.3 Å². The molecule has 1 atom stereocenters. The molecule has 3 rings (SSSR count). The van der Waals surface area contributed by atoms with Gasteiger partial charge >= 0.3 is 0 Å². The van der Waals surface area contributed by atoms with E-state index in [4.69, 9.17) is 9.47 Å². The predicted octanol–water partition coefficient (Wildman–Crippen LogP) is 4.03. The van der Waals surface area contributed by atoms with Crippen molar-refractivity contribution in [2.45, 2.75) is 32.8 Å². The van der Waals surface area contributed by atoms with Gasteiger partial charge in [0.2, 0.25) is 0 Å². The van der Waals surface area contributed by atoms with E-state index in [1.807, 2.05) is 19.9 Å². The zero-order valence-electron chi connectivity index (χ0n) is 15.4. The third-order valence-electron chi connectivity index (χ3n) is 4.54. The number of ether oxygens (including phenoxy) is 2. The number of carbonyl (C=O) groups excluding carboxylic acids is 1. The Bertz CT molecular complexity index is 925. The van der Waals surface area contributed by atoms with E-state index in [1.165, 1.54) is 19.2 Å². The summed E-state index contributed by atoms with van der Waals surface area (Å²) in [4.78, 5) is 12.7. The molecule has 0 saturated heterocycles. The van der Waals surface area contributed by atoms with E-state index < -0.39 is 6.10 Å². The molecule has 0 saturated carbocycles. The van der Waals surface area contributed by atoms with Crippen molar-refractivity contribution in [1.82, 2.24) is 0 Å². The van der Waals surface area contributed by atoms with Crippen LogP contribution < -0.4 is 9.47 Å². The number of ketones is 1. The zero-order valence-corrected chi connectivity index (χ0v) is 15.4. The van der Waals surface area contributed by atoms with E-state index in [2.05, 4.69) is 0 Å². The van der Waals surface area contributed by atoms with Crippen LogP contribution in [0.5, 0.6) is 28.7 Å². The standard InChI is InChI=1S/C21H22O6/c1-11(2)4-6-13-14(22)9-16(24)20-17(25)10-19(27-21(13)20)12-5-7-18(26-3)15(23)8-12/h4-5,7-9,19,22-24H,6,10H2,1-3H3/t19-/m1/s1. The predicted molar refractivity (Wildman–Crippen MR) is 99.9 cm³/mol. The fraction of sp³-hybridized carbons (Fsp3) is 0.286. The molecule has 142 valence electrons. The Kier molecular flexibility index (Phi) is 4.99. The summed E-state index contributed by atoms with van der Waals surface area (Å²) in [5, 5.41) is 30.4. The summed E-state index contributed by atoms with van der Waals surface area (Å²) >= 11 is 0. The van der Waals surface area contributed by atoms with Crippen molar-refractivity contribution >= 4 is 5.78 Å². The maximum absolute atomic E-state index is 12.7. The van der Waals surface area contributed by atoms with E-state index in [1.54, 1.807) is 12.1 Å². The molecule has 0 aromatic heterocycles. The fourth-order valence-corrected chi connectivity index (χ4v) is 3.12. The maximum Gasteiger partial charge on any atom is 0.174 e. The Hall–Kier alpha value is -3.15. The molecule has 1 heterocycles. The van der Waals surface area contributed by atoms with Gasteiger partial charge in [-0.3, -0.25) is 4.79 Å². The number of Topliss-reactive ketones (excluding diaryl/α,β-unsaturated/α-hetero) is 1. The Balaban J connectivity index is 2.06. The number of phenolic OH excluding ortho intramolecular Hbond substituents is 3. The van der Waals surface area contributed by atoms with Crippen LogP contribution in [-0.4, -0.2) is 28.2 Å². The molecular formula is C21H22O6. The number of phenols is 3. The molecule has 6 heteroatoms. The van der Waals surface area contributed by atoms with Gasteiger partial charge in [0.25, 0.3) is 0 Å². The Morgan fingerprint density at radius 1 is 1.19 bits per heavy atom. The van der Waals surface area contributed by atoms with Crippen LogP contribution in [0, 0.1) is 0 Å². The van der Waals surface area contributed by atoms with Crippen LogP contribution >= 0.6 is 0 Å². The minimum absolute atomic E-state index is 0.0131. The Labute approximate surface area is 157 Å². The molecule has 3 N–H and O–H groups in total. The lowest BCUT2D eigenvalue weighted by Crippen LogP contribution is -2.21. The molecule has 1 aliphatic heterocycles. The van der Waals surface area contributed by atoms with Crippen molar-refractivity contribution in [3.05, 3.63) is 52.6 Å². The van der Waals surface area contributed by atoms with Crippen LogP contribution in [0.2, 0.25) is 0 Å². The van der Waals surface area contributed by atoms with Crippen LogP contribution in [-0.2, 0) is 6.42 Å². The maximum atomic E-state index is 12.7. The van der Waals surface area contributed by atoms with E-state index in [0.717, 1.165) is 5.57 Å². The number of carbonyl (C=O) groups is 1. The first-order chi connectivity index (χ1) is 12.8. The van der Waals surface area contributed by atoms with Crippen LogP contribution in [0.4, 0.5) is 0 Å². The molecule has 0 spiro atoms. The lowest BCUT2D eigenvalue weighted by atomic mass is 9.92. The molecule has 2 aromatic rings. The number of fused-ring (bicyclic) bond motifs is 1. The van der Waals surface area contributed by atoms with Gasteiger partial charge in [0.15, 0.2) is 17.3 Å². The highest BCUT2D eigenvalue weighted by Gasteiger charge is 2.33.